The largest absolute Gasteiger partial charge is 0.338 e. The van der Waals surface area contributed by atoms with E-state index in [2.05, 4.69) is 38.2 Å². The Balaban J connectivity index is 1.54. The molecule has 2 saturated carbocycles. The molecule has 3 aromatic rings. The van der Waals surface area contributed by atoms with Crippen LogP contribution >= 0.6 is 0 Å². The van der Waals surface area contributed by atoms with E-state index in [0.29, 0.717) is 17.9 Å². The fourth-order valence-corrected chi connectivity index (χ4v) is 5.90. The SMILES string of the molecule is C=C/C=C\C(=C/C)c1nccn1-c1ncc2c(n1)N(C1CCCC1)[C@]1(C[C@@H]1C)c1nnc(C)n1-2. The van der Waals surface area contributed by atoms with Crippen LogP contribution in [0.3, 0.4) is 0 Å². The molecule has 0 bridgehead atoms. The standard InChI is InChI=1S/C26H30N8/c1-5-7-10-19(6-2)22-27-13-14-32(22)25-28-16-21-23(29-25)34(20-11-8-9-12-20)26(15-17(26)3)24-31-30-18(4)33(21)24/h5-7,10,13-14,16-17,20H,1,8-9,11-12,15H2,2-4H3/b10-7-,19-6+/t17-,26-/m0/s1. The Morgan fingerprint density at radius 2 is 2.00 bits per heavy atom. The van der Waals surface area contributed by atoms with Crippen molar-refractivity contribution in [2.24, 2.45) is 5.92 Å². The summed E-state index contributed by atoms with van der Waals surface area (Å²) in [5, 5.41) is 9.14. The molecule has 8 heteroatoms. The van der Waals surface area contributed by atoms with E-state index in [4.69, 9.17) is 9.97 Å². The first-order valence-electron chi connectivity index (χ1n) is 12.2. The topological polar surface area (TPSA) is 77.6 Å². The molecule has 1 aliphatic heterocycles. The Kier molecular flexibility index (Phi) is 4.79. The van der Waals surface area contributed by atoms with Gasteiger partial charge in [0.25, 0.3) is 0 Å². The van der Waals surface area contributed by atoms with E-state index in [9.17, 15) is 0 Å². The Morgan fingerprint density at radius 3 is 2.71 bits per heavy atom. The van der Waals surface area contributed by atoms with Gasteiger partial charge in [-0.15, -0.1) is 10.2 Å². The predicted molar refractivity (Wildman–Crippen MR) is 132 cm³/mol. The highest BCUT2D eigenvalue weighted by molar-refractivity contribution is 5.71. The molecule has 174 valence electrons. The van der Waals surface area contributed by atoms with Crippen LogP contribution in [-0.2, 0) is 5.54 Å². The fourth-order valence-electron chi connectivity index (χ4n) is 5.90. The van der Waals surface area contributed by atoms with Crippen molar-refractivity contribution < 1.29 is 0 Å². The van der Waals surface area contributed by atoms with Gasteiger partial charge in [-0.05, 0) is 39.0 Å². The molecule has 2 atom stereocenters. The molecule has 0 aromatic carbocycles. The van der Waals surface area contributed by atoms with E-state index < -0.39 is 0 Å². The molecule has 2 fully saturated rings. The molecule has 1 spiro atoms. The maximum absolute atomic E-state index is 5.22. The summed E-state index contributed by atoms with van der Waals surface area (Å²) in [5.74, 6) is 4.84. The normalized spacial score (nSPS) is 24.1. The van der Waals surface area contributed by atoms with Gasteiger partial charge in [0.2, 0.25) is 5.95 Å². The average Bonchev–Trinajstić information content (AvgIpc) is 3.35. The number of allylic oxidation sites excluding steroid dienone is 5. The zero-order valence-electron chi connectivity index (χ0n) is 20.0. The van der Waals surface area contributed by atoms with Crippen molar-refractivity contribution in [2.75, 3.05) is 4.90 Å². The van der Waals surface area contributed by atoms with Crippen molar-refractivity contribution in [2.45, 2.75) is 64.5 Å². The number of hydrogen-bond donors (Lipinski definition) is 0. The third-order valence-corrected chi connectivity index (χ3v) is 7.65. The van der Waals surface area contributed by atoms with Crippen molar-refractivity contribution in [3.8, 4) is 11.6 Å². The zero-order chi connectivity index (χ0) is 23.4. The van der Waals surface area contributed by atoms with Gasteiger partial charge < -0.3 is 4.90 Å². The summed E-state index contributed by atoms with van der Waals surface area (Å²) < 4.78 is 4.14. The summed E-state index contributed by atoms with van der Waals surface area (Å²) in [6, 6.07) is 0.459. The van der Waals surface area contributed by atoms with E-state index in [1.165, 1.54) is 25.7 Å². The first-order chi connectivity index (χ1) is 16.6. The van der Waals surface area contributed by atoms with Crippen molar-refractivity contribution in [1.82, 2.24) is 34.3 Å². The molecule has 0 amide bonds. The first-order valence-corrected chi connectivity index (χ1v) is 12.2. The van der Waals surface area contributed by atoms with Crippen LogP contribution in [0.5, 0.6) is 0 Å². The minimum absolute atomic E-state index is 0.131. The smallest absolute Gasteiger partial charge is 0.237 e. The molecule has 0 radical (unpaired) electrons. The molecular weight excluding hydrogens is 424 g/mol. The van der Waals surface area contributed by atoms with Crippen LogP contribution in [0.1, 0.15) is 63.4 Å². The number of fused-ring (bicyclic) bond motifs is 4. The lowest BCUT2D eigenvalue weighted by atomic mass is 10.0. The fraction of sp³-hybridized carbons (Fsp3) is 0.423. The van der Waals surface area contributed by atoms with Crippen LogP contribution in [0.4, 0.5) is 5.82 Å². The summed E-state index contributed by atoms with van der Waals surface area (Å²) in [6.45, 7) is 10.1. The maximum atomic E-state index is 5.22. The Labute approximate surface area is 199 Å². The van der Waals surface area contributed by atoms with E-state index in [-0.39, 0.29) is 5.54 Å². The highest BCUT2D eigenvalue weighted by atomic mass is 15.4. The van der Waals surface area contributed by atoms with Crippen LogP contribution in [0.15, 0.2) is 49.5 Å². The molecule has 2 aliphatic carbocycles. The minimum Gasteiger partial charge on any atom is -0.338 e. The number of nitrogens with zero attached hydrogens (tertiary/aromatic N) is 8. The average molecular weight is 455 g/mol. The highest BCUT2D eigenvalue weighted by Gasteiger charge is 2.64. The van der Waals surface area contributed by atoms with Gasteiger partial charge in [-0.25, -0.2) is 9.97 Å². The van der Waals surface area contributed by atoms with Crippen LogP contribution in [0.25, 0.3) is 17.2 Å². The zero-order valence-corrected chi connectivity index (χ0v) is 20.0. The second kappa shape index (κ2) is 7.75. The third kappa shape index (κ3) is 2.87. The van der Waals surface area contributed by atoms with Gasteiger partial charge in [-0.2, -0.15) is 4.98 Å². The lowest BCUT2D eigenvalue weighted by Gasteiger charge is -2.42. The van der Waals surface area contributed by atoms with Crippen molar-refractivity contribution in [3.63, 3.8) is 0 Å². The van der Waals surface area contributed by atoms with Gasteiger partial charge in [-0.1, -0.05) is 50.6 Å². The van der Waals surface area contributed by atoms with E-state index >= 15 is 0 Å². The van der Waals surface area contributed by atoms with Gasteiger partial charge in [0.15, 0.2) is 11.6 Å². The number of anilines is 1. The number of aryl methyl sites for hydroxylation is 1. The highest BCUT2D eigenvalue weighted by Crippen LogP contribution is 2.61. The van der Waals surface area contributed by atoms with Gasteiger partial charge in [-0.3, -0.25) is 9.13 Å². The molecular formula is C26H30N8. The first kappa shape index (κ1) is 21.0. The molecule has 3 aromatic heterocycles. The lowest BCUT2D eigenvalue weighted by Crippen LogP contribution is -2.48. The van der Waals surface area contributed by atoms with Crippen molar-refractivity contribution in [1.29, 1.82) is 0 Å². The van der Waals surface area contributed by atoms with Gasteiger partial charge >= 0.3 is 0 Å². The molecule has 0 unspecified atom stereocenters. The quantitative estimate of drug-likeness (QED) is 0.520. The molecule has 0 N–H and O–H groups in total. The van der Waals surface area contributed by atoms with Crippen LogP contribution in [0.2, 0.25) is 0 Å². The van der Waals surface area contributed by atoms with Crippen molar-refractivity contribution >= 4 is 11.4 Å². The summed E-state index contributed by atoms with van der Waals surface area (Å²) in [5.41, 5.74) is 1.83. The third-order valence-electron chi connectivity index (χ3n) is 7.65. The molecule has 3 aliphatic rings. The molecule has 34 heavy (non-hydrogen) atoms. The van der Waals surface area contributed by atoms with Gasteiger partial charge in [0, 0.05) is 24.0 Å². The predicted octanol–water partition coefficient (Wildman–Crippen LogP) is 4.69. The number of imidazole rings is 1. The second-order valence-electron chi connectivity index (χ2n) is 9.58. The summed E-state index contributed by atoms with van der Waals surface area (Å²) in [7, 11) is 0. The van der Waals surface area contributed by atoms with Crippen LogP contribution < -0.4 is 4.90 Å². The monoisotopic (exact) mass is 454 g/mol. The Bertz CT molecular complexity index is 1320. The molecule has 8 nitrogen and oxygen atoms in total. The van der Waals surface area contributed by atoms with E-state index in [0.717, 1.165) is 41.0 Å². The Morgan fingerprint density at radius 1 is 1.21 bits per heavy atom. The second-order valence-corrected chi connectivity index (χ2v) is 9.58. The summed E-state index contributed by atoms with van der Waals surface area (Å²) in [4.78, 5) is 17.2. The van der Waals surface area contributed by atoms with Crippen molar-refractivity contribution in [3.05, 3.63) is 66.9 Å². The minimum atomic E-state index is -0.131. The number of rotatable bonds is 5. The van der Waals surface area contributed by atoms with E-state index in [1.54, 1.807) is 12.3 Å². The molecule has 6 rings (SSSR count). The molecule has 0 saturated heterocycles. The number of aromatic nitrogens is 7. The van der Waals surface area contributed by atoms with E-state index in [1.807, 2.05) is 49.0 Å². The van der Waals surface area contributed by atoms with Gasteiger partial charge in [0.1, 0.15) is 22.9 Å². The van der Waals surface area contributed by atoms with Crippen LogP contribution in [-0.4, -0.2) is 40.3 Å². The Hall–Kier alpha value is -3.55. The summed E-state index contributed by atoms with van der Waals surface area (Å²) in [6.07, 6.45) is 19.3. The lowest BCUT2D eigenvalue weighted by molar-refractivity contribution is 0.440. The van der Waals surface area contributed by atoms with Gasteiger partial charge in [0.05, 0.1) is 6.20 Å². The van der Waals surface area contributed by atoms with Crippen LogP contribution in [0, 0.1) is 12.8 Å². The summed E-state index contributed by atoms with van der Waals surface area (Å²) >= 11 is 0. The number of hydrogen-bond acceptors (Lipinski definition) is 6. The maximum Gasteiger partial charge on any atom is 0.237 e. The molecule has 4 heterocycles.